The summed E-state index contributed by atoms with van der Waals surface area (Å²) < 4.78 is 12.9. The van der Waals surface area contributed by atoms with Gasteiger partial charge in [-0.15, -0.1) is 11.3 Å². The summed E-state index contributed by atoms with van der Waals surface area (Å²) in [5.74, 6) is 0.187. The fourth-order valence-corrected chi connectivity index (χ4v) is 6.01. The van der Waals surface area contributed by atoms with Gasteiger partial charge in [0.1, 0.15) is 10.8 Å². The van der Waals surface area contributed by atoms with E-state index in [2.05, 4.69) is 21.7 Å². The highest BCUT2D eigenvalue weighted by Crippen LogP contribution is 2.42. The van der Waals surface area contributed by atoms with Crippen LogP contribution in [0.5, 0.6) is 5.75 Å². The zero-order valence-electron chi connectivity index (χ0n) is 21.9. The first-order chi connectivity index (χ1) is 18.4. The van der Waals surface area contributed by atoms with Gasteiger partial charge in [-0.3, -0.25) is 5.32 Å². The number of aromatic nitrogens is 2. The number of methoxy groups -OCH3 is 1. The summed E-state index contributed by atoms with van der Waals surface area (Å²) in [7, 11) is 1.62. The van der Waals surface area contributed by atoms with Crippen LogP contribution in [0, 0.1) is 13.8 Å². The van der Waals surface area contributed by atoms with Gasteiger partial charge in [0.15, 0.2) is 0 Å². The summed E-state index contributed by atoms with van der Waals surface area (Å²) in [5, 5.41) is 6.23. The van der Waals surface area contributed by atoms with Gasteiger partial charge in [-0.1, -0.05) is 12.1 Å². The van der Waals surface area contributed by atoms with Gasteiger partial charge in [0.2, 0.25) is 0 Å². The molecule has 1 aliphatic rings. The molecule has 2 N–H and O–H groups in total. The molecule has 38 heavy (non-hydrogen) atoms. The van der Waals surface area contributed by atoms with Gasteiger partial charge >= 0.3 is 12.0 Å². The van der Waals surface area contributed by atoms with Crippen molar-refractivity contribution in [2.24, 2.45) is 0 Å². The van der Waals surface area contributed by atoms with E-state index < -0.39 is 12.0 Å². The Morgan fingerprint density at radius 2 is 1.89 bits per heavy atom. The van der Waals surface area contributed by atoms with Crippen LogP contribution in [0.3, 0.4) is 0 Å². The first-order valence-corrected chi connectivity index (χ1v) is 13.4. The third kappa shape index (κ3) is 5.02. The number of rotatable bonds is 7. The Balaban J connectivity index is 1.46. The van der Waals surface area contributed by atoms with Gasteiger partial charge < -0.3 is 19.4 Å². The number of anilines is 2. The van der Waals surface area contributed by atoms with E-state index in [0.29, 0.717) is 16.3 Å². The fraction of sp³-hybridized carbons (Fsp3) is 0.276. The van der Waals surface area contributed by atoms with E-state index in [0.717, 1.165) is 52.3 Å². The highest BCUT2D eigenvalue weighted by molar-refractivity contribution is 7.20. The van der Waals surface area contributed by atoms with Crippen LogP contribution in [0.15, 0.2) is 48.9 Å². The molecule has 2 heterocycles. The van der Waals surface area contributed by atoms with Gasteiger partial charge in [0, 0.05) is 16.8 Å². The third-order valence-electron chi connectivity index (χ3n) is 6.64. The molecule has 0 aliphatic heterocycles. The van der Waals surface area contributed by atoms with Gasteiger partial charge in [0.05, 0.1) is 37.0 Å². The number of nitrogens with one attached hydrogen (secondary N) is 2. The van der Waals surface area contributed by atoms with Crippen molar-refractivity contribution in [2.45, 2.75) is 40.0 Å². The summed E-state index contributed by atoms with van der Waals surface area (Å²) in [4.78, 5) is 31.1. The molecule has 0 fully saturated rings. The number of urea groups is 1. The molecule has 0 saturated heterocycles. The fourth-order valence-electron chi connectivity index (χ4n) is 4.83. The maximum Gasteiger partial charge on any atom is 0.341 e. The number of hydrogen-bond donors (Lipinski definition) is 2. The number of nitrogens with zero attached hydrogens (tertiary/aromatic N) is 2. The van der Waals surface area contributed by atoms with Crippen molar-refractivity contribution in [2.75, 3.05) is 24.4 Å². The van der Waals surface area contributed by atoms with E-state index in [1.54, 1.807) is 20.4 Å². The topological polar surface area (TPSA) is 94.5 Å². The summed E-state index contributed by atoms with van der Waals surface area (Å²) in [6.07, 6.45) is 6.91. The van der Waals surface area contributed by atoms with Crippen LogP contribution >= 0.6 is 11.3 Å². The Labute approximate surface area is 225 Å². The van der Waals surface area contributed by atoms with Gasteiger partial charge in [-0.05, 0) is 86.6 Å². The number of ether oxygens (including phenoxy) is 2. The molecule has 5 rings (SSSR count). The van der Waals surface area contributed by atoms with Crippen LogP contribution in [-0.2, 0) is 17.6 Å². The Kier molecular flexibility index (Phi) is 7.20. The van der Waals surface area contributed by atoms with Crippen LogP contribution in [0.4, 0.5) is 15.5 Å². The van der Waals surface area contributed by atoms with Gasteiger partial charge in [-0.2, -0.15) is 0 Å². The molecule has 0 spiro atoms. The lowest BCUT2D eigenvalue weighted by Gasteiger charge is -2.11. The number of fused-ring (bicyclic) bond motifs is 1. The summed E-state index contributed by atoms with van der Waals surface area (Å²) >= 11 is 1.33. The SMILES string of the molecule is CCOC(=O)c1c(NC(=O)Nc2ccc3c(c2)CCC3)sc(-c2ccc(-n3cnc(C)c3)c(OC)c2)c1C. The normalized spacial score (nSPS) is 12.2. The molecule has 2 amide bonds. The smallest absolute Gasteiger partial charge is 0.341 e. The van der Waals surface area contributed by atoms with E-state index in [1.165, 1.54) is 22.5 Å². The lowest BCUT2D eigenvalue weighted by atomic mass is 10.1. The average Bonchev–Trinajstić information content (AvgIpc) is 3.62. The Hall–Kier alpha value is -4.11. The molecule has 8 nitrogen and oxygen atoms in total. The minimum atomic E-state index is -0.474. The van der Waals surface area contributed by atoms with Crippen LogP contribution < -0.4 is 15.4 Å². The molecule has 4 aromatic rings. The van der Waals surface area contributed by atoms with E-state index in [4.69, 9.17) is 9.47 Å². The summed E-state index contributed by atoms with van der Waals surface area (Å²) in [6.45, 7) is 5.78. The second-order valence-corrected chi connectivity index (χ2v) is 10.2. The Morgan fingerprint density at radius 3 is 2.63 bits per heavy atom. The molecular weight excluding hydrogens is 500 g/mol. The Bertz CT molecular complexity index is 1520. The minimum absolute atomic E-state index is 0.233. The molecule has 0 unspecified atom stereocenters. The van der Waals surface area contributed by atoms with Crippen molar-refractivity contribution in [3.63, 3.8) is 0 Å². The highest BCUT2D eigenvalue weighted by Gasteiger charge is 2.25. The van der Waals surface area contributed by atoms with E-state index in [9.17, 15) is 9.59 Å². The largest absolute Gasteiger partial charge is 0.495 e. The predicted octanol–water partition coefficient (Wildman–Crippen LogP) is 6.54. The Morgan fingerprint density at radius 1 is 1.08 bits per heavy atom. The van der Waals surface area contributed by atoms with Crippen molar-refractivity contribution in [1.82, 2.24) is 9.55 Å². The number of esters is 1. The lowest BCUT2D eigenvalue weighted by molar-refractivity contribution is 0.0527. The quantitative estimate of drug-likeness (QED) is 0.265. The standard InChI is InChI=1S/C29H30N4O4S/c1-5-37-28(34)25-18(3)26(21-10-12-23(24(14-21)36-4)33-15-17(2)30-16-33)38-27(25)32-29(35)31-22-11-9-19-7-6-8-20(19)13-22/h9-16H,5-8H2,1-4H3,(H2,31,32,35). The third-order valence-corrected chi connectivity index (χ3v) is 7.90. The number of benzene rings is 2. The molecule has 2 aromatic heterocycles. The molecule has 2 aromatic carbocycles. The van der Waals surface area contributed by atoms with Crippen molar-refractivity contribution in [3.05, 3.63) is 76.9 Å². The van der Waals surface area contributed by atoms with Crippen molar-refractivity contribution in [1.29, 1.82) is 0 Å². The molecule has 1 aliphatic carbocycles. The number of aryl methyl sites for hydroxylation is 3. The molecule has 0 radical (unpaired) electrons. The van der Waals surface area contributed by atoms with E-state index in [-0.39, 0.29) is 6.61 Å². The van der Waals surface area contributed by atoms with Gasteiger partial charge in [-0.25, -0.2) is 14.6 Å². The number of thiophene rings is 1. The molecular formula is C29H30N4O4S. The molecule has 0 saturated carbocycles. The first-order valence-electron chi connectivity index (χ1n) is 12.6. The van der Waals surface area contributed by atoms with E-state index in [1.807, 2.05) is 54.9 Å². The summed E-state index contributed by atoms with van der Waals surface area (Å²) in [6, 6.07) is 11.4. The lowest BCUT2D eigenvalue weighted by Crippen LogP contribution is -2.20. The number of imidazole rings is 1. The zero-order chi connectivity index (χ0) is 26.8. The molecule has 9 heteroatoms. The summed E-state index contributed by atoms with van der Waals surface area (Å²) in [5.41, 5.74) is 7.03. The monoisotopic (exact) mass is 530 g/mol. The van der Waals surface area contributed by atoms with Crippen LogP contribution in [0.2, 0.25) is 0 Å². The number of carbonyl (C=O) groups is 2. The van der Waals surface area contributed by atoms with Crippen molar-refractivity contribution in [3.8, 4) is 21.9 Å². The predicted molar refractivity (Wildman–Crippen MR) is 150 cm³/mol. The van der Waals surface area contributed by atoms with Gasteiger partial charge in [0.25, 0.3) is 0 Å². The number of carbonyl (C=O) groups excluding carboxylic acids is 2. The highest BCUT2D eigenvalue weighted by atomic mass is 32.1. The second-order valence-electron chi connectivity index (χ2n) is 9.21. The van der Waals surface area contributed by atoms with Crippen LogP contribution in [0.1, 0.15) is 46.1 Å². The number of hydrogen-bond acceptors (Lipinski definition) is 6. The van der Waals surface area contributed by atoms with E-state index >= 15 is 0 Å². The molecule has 196 valence electrons. The van der Waals surface area contributed by atoms with Crippen molar-refractivity contribution < 1.29 is 19.1 Å². The zero-order valence-corrected chi connectivity index (χ0v) is 22.7. The number of amides is 2. The molecule has 0 bridgehead atoms. The van der Waals surface area contributed by atoms with Crippen LogP contribution in [0.25, 0.3) is 16.1 Å². The molecule has 0 atom stereocenters. The minimum Gasteiger partial charge on any atom is -0.495 e. The first kappa shape index (κ1) is 25.5. The van der Waals surface area contributed by atoms with Crippen molar-refractivity contribution >= 4 is 34.0 Å². The maximum atomic E-state index is 13.0. The maximum absolute atomic E-state index is 13.0. The second kappa shape index (κ2) is 10.7. The van der Waals surface area contributed by atoms with Crippen LogP contribution in [-0.4, -0.2) is 35.3 Å². The average molecular weight is 531 g/mol.